The minimum absolute atomic E-state index is 0.646. The van der Waals surface area contributed by atoms with E-state index in [0.717, 1.165) is 13.0 Å². The molecule has 1 saturated heterocycles. The van der Waals surface area contributed by atoms with Gasteiger partial charge in [0.15, 0.2) is 0 Å². The number of piperidine rings is 1. The summed E-state index contributed by atoms with van der Waals surface area (Å²) < 4.78 is 0. The van der Waals surface area contributed by atoms with Crippen LogP contribution in [0.2, 0.25) is 0 Å². The average molecular weight is 168 g/mol. The standard InChI is InChI=1S/C8H16N4/c9-11-10-5-4-8-12-6-2-1-3-7-12/h1-8H2. The van der Waals surface area contributed by atoms with Gasteiger partial charge in [-0.1, -0.05) is 11.5 Å². The van der Waals surface area contributed by atoms with Crippen LogP contribution in [0.1, 0.15) is 25.7 Å². The molecule has 1 rings (SSSR count). The van der Waals surface area contributed by atoms with Crippen molar-refractivity contribution in [2.45, 2.75) is 25.7 Å². The van der Waals surface area contributed by atoms with Crippen LogP contribution in [0.15, 0.2) is 5.11 Å². The van der Waals surface area contributed by atoms with Gasteiger partial charge >= 0.3 is 0 Å². The van der Waals surface area contributed by atoms with Crippen molar-refractivity contribution in [3.05, 3.63) is 10.4 Å². The van der Waals surface area contributed by atoms with Crippen LogP contribution in [-0.4, -0.2) is 31.1 Å². The van der Waals surface area contributed by atoms with Crippen molar-refractivity contribution in [3.8, 4) is 0 Å². The molecule has 0 saturated carbocycles. The predicted molar refractivity (Wildman–Crippen MR) is 48.9 cm³/mol. The maximum Gasteiger partial charge on any atom is 0.0270 e. The van der Waals surface area contributed by atoms with Gasteiger partial charge < -0.3 is 4.90 Å². The van der Waals surface area contributed by atoms with E-state index in [1.807, 2.05) is 0 Å². The van der Waals surface area contributed by atoms with E-state index in [-0.39, 0.29) is 0 Å². The molecule has 1 heterocycles. The number of rotatable bonds is 4. The molecule has 0 aromatic carbocycles. The van der Waals surface area contributed by atoms with E-state index >= 15 is 0 Å². The highest BCUT2D eigenvalue weighted by atomic mass is 15.1. The first-order valence-corrected chi connectivity index (χ1v) is 4.66. The SMILES string of the molecule is [N-]=[N+]=NCCCN1CCCCC1. The predicted octanol–water partition coefficient (Wildman–Crippen LogP) is 2.17. The zero-order chi connectivity index (χ0) is 8.65. The van der Waals surface area contributed by atoms with E-state index in [1.54, 1.807) is 0 Å². The summed E-state index contributed by atoms with van der Waals surface area (Å²) in [6.45, 7) is 4.21. The zero-order valence-electron chi connectivity index (χ0n) is 7.45. The van der Waals surface area contributed by atoms with E-state index in [2.05, 4.69) is 14.9 Å². The second-order valence-electron chi connectivity index (χ2n) is 3.21. The second-order valence-corrected chi connectivity index (χ2v) is 3.21. The normalized spacial score (nSPS) is 18.7. The van der Waals surface area contributed by atoms with Gasteiger partial charge in [0.05, 0.1) is 0 Å². The molecule has 0 amide bonds. The first kappa shape index (κ1) is 9.36. The molecule has 1 aliphatic rings. The molecule has 1 aliphatic heterocycles. The van der Waals surface area contributed by atoms with Gasteiger partial charge in [-0.2, -0.15) is 0 Å². The molecule has 0 aliphatic carbocycles. The zero-order valence-corrected chi connectivity index (χ0v) is 7.45. The van der Waals surface area contributed by atoms with Crippen LogP contribution in [0.3, 0.4) is 0 Å². The topological polar surface area (TPSA) is 52.0 Å². The Balaban J connectivity index is 2.01. The number of likely N-dealkylation sites (tertiary alicyclic amines) is 1. The van der Waals surface area contributed by atoms with Gasteiger partial charge in [-0.25, -0.2) is 0 Å². The van der Waals surface area contributed by atoms with Gasteiger partial charge in [0.2, 0.25) is 0 Å². The Morgan fingerprint density at radius 1 is 1.25 bits per heavy atom. The molecule has 0 N–H and O–H groups in total. The van der Waals surface area contributed by atoms with Crippen LogP contribution in [0.25, 0.3) is 10.4 Å². The molecule has 4 nitrogen and oxygen atoms in total. The minimum atomic E-state index is 0.646. The maximum atomic E-state index is 8.05. The number of hydrogen-bond acceptors (Lipinski definition) is 2. The lowest BCUT2D eigenvalue weighted by atomic mass is 10.1. The van der Waals surface area contributed by atoms with Crippen LogP contribution in [0.5, 0.6) is 0 Å². The van der Waals surface area contributed by atoms with Crippen molar-refractivity contribution < 1.29 is 0 Å². The first-order valence-electron chi connectivity index (χ1n) is 4.66. The Kier molecular flexibility index (Phi) is 4.57. The molecular weight excluding hydrogens is 152 g/mol. The maximum absolute atomic E-state index is 8.05. The quantitative estimate of drug-likeness (QED) is 0.275. The van der Waals surface area contributed by atoms with E-state index in [4.69, 9.17) is 5.53 Å². The average Bonchev–Trinajstić information content (AvgIpc) is 2.14. The van der Waals surface area contributed by atoms with E-state index in [0.29, 0.717) is 6.54 Å². The van der Waals surface area contributed by atoms with Crippen LogP contribution >= 0.6 is 0 Å². The molecule has 0 aromatic heterocycles. The van der Waals surface area contributed by atoms with Crippen LogP contribution < -0.4 is 0 Å². The van der Waals surface area contributed by atoms with Gasteiger partial charge in [0.25, 0.3) is 0 Å². The second kappa shape index (κ2) is 5.86. The Labute approximate surface area is 73.2 Å². The number of nitrogens with zero attached hydrogens (tertiary/aromatic N) is 4. The summed E-state index contributed by atoms with van der Waals surface area (Å²) >= 11 is 0. The molecule has 0 radical (unpaired) electrons. The summed E-state index contributed by atoms with van der Waals surface area (Å²) in [4.78, 5) is 5.18. The monoisotopic (exact) mass is 168 g/mol. The highest BCUT2D eigenvalue weighted by Gasteiger charge is 2.08. The molecular formula is C8H16N4. The molecule has 0 bridgehead atoms. The molecule has 68 valence electrons. The van der Waals surface area contributed by atoms with Crippen LogP contribution in [0, 0.1) is 0 Å². The first-order chi connectivity index (χ1) is 5.93. The van der Waals surface area contributed by atoms with Gasteiger partial charge in [0, 0.05) is 11.5 Å². The molecule has 0 spiro atoms. The molecule has 0 atom stereocenters. The number of azide groups is 1. The van der Waals surface area contributed by atoms with Gasteiger partial charge in [-0.3, -0.25) is 0 Å². The van der Waals surface area contributed by atoms with Crippen molar-refractivity contribution in [2.75, 3.05) is 26.2 Å². The van der Waals surface area contributed by atoms with Crippen molar-refractivity contribution in [1.29, 1.82) is 0 Å². The van der Waals surface area contributed by atoms with Crippen molar-refractivity contribution in [1.82, 2.24) is 4.90 Å². The Bertz CT molecular complexity index is 156. The smallest absolute Gasteiger partial charge is 0.0270 e. The summed E-state index contributed by atoms with van der Waals surface area (Å²) in [6, 6.07) is 0. The van der Waals surface area contributed by atoms with Gasteiger partial charge in [-0.15, -0.1) is 0 Å². The lowest BCUT2D eigenvalue weighted by Crippen LogP contribution is -2.30. The summed E-state index contributed by atoms with van der Waals surface area (Å²) in [5.41, 5.74) is 8.05. The molecule has 0 aromatic rings. The highest BCUT2D eigenvalue weighted by Crippen LogP contribution is 2.08. The summed E-state index contributed by atoms with van der Waals surface area (Å²) in [6.07, 6.45) is 5.06. The molecule has 12 heavy (non-hydrogen) atoms. The number of hydrogen-bond donors (Lipinski definition) is 0. The fraction of sp³-hybridized carbons (Fsp3) is 1.00. The Morgan fingerprint density at radius 3 is 2.67 bits per heavy atom. The highest BCUT2D eigenvalue weighted by molar-refractivity contribution is 4.64. The minimum Gasteiger partial charge on any atom is -0.303 e. The molecule has 1 fully saturated rings. The van der Waals surface area contributed by atoms with Crippen LogP contribution in [-0.2, 0) is 0 Å². The van der Waals surface area contributed by atoms with Gasteiger partial charge in [-0.05, 0) is 44.4 Å². The third-order valence-corrected chi connectivity index (χ3v) is 2.24. The van der Waals surface area contributed by atoms with E-state index in [9.17, 15) is 0 Å². The van der Waals surface area contributed by atoms with Crippen LogP contribution in [0.4, 0.5) is 0 Å². The van der Waals surface area contributed by atoms with Crippen molar-refractivity contribution >= 4 is 0 Å². The third kappa shape index (κ3) is 3.60. The summed E-state index contributed by atoms with van der Waals surface area (Å²) in [5, 5.41) is 3.51. The fourth-order valence-electron chi connectivity index (χ4n) is 1.59. The van der Waals surface area contributed by atoms with Crippen molar-refractivity contribution in [3.63, 3.8) is 0 Å². The summed E-state index contributed by atoms with van der Waals surface area (Å²) in [7, 11) is 0. The lowest BCUT2D eigenvalue weighted by molar-refractivity contribution is 0.227. The lowest BCUT2D eigenvalue weighted by Gasteiger charge is -2.25. The summed E-state index contributed by atoms with van der Waals surface area (Å²) in [5.74, 6) is 0. The van der Waals surface area contributed by atoms with Gasteiger partial charge in [0.1, 0.15) is 0 Å². The van der Waals surface area contributed by atoms with Crippen molar-refractivity contribution in [2.24, 2.45) is 5.11 Å². The fourth-order valence-corrected chi connectivity index (χ4v) is 1.59. The Hall–Kier alpha value is -0.730. The van der Waals surface area contributed by atoms with E-state index < -0.39 is 0 Å². The third-order valence-electron chi connectivity index (χ3n) is 2.24. The Morgan fingerprint density at radius 2 is 2.00 bits per heavy atom. The largest absolute Gasteiger partial charge is 0.303 e. The molecule has 4 heteroatoms. The van der Waals surface area contributed by atoms with E-state index in [1.165, 1.54) is 32.4 Å². The molecule has 0 unspecified atom stereocenters.